The fourth-order valence-electron chi connectivity index (χ4n) is 4.18. The van der Waals surface area contributed by atoms with Crippen LogP contribution in [0.5, 0.6) is 0 Å². The van der Waals surface area contributed by atoms with Crippen molar-refractivity contribution in [1.29, 1.82) is 0 Å². The molecule has 33 heavy (non-hydrogen) atoms. The van der Waals surface area contributed by atoms with Gasteiger partial charge in [-0.25, -0.2) is 9.59 Å². The van der Waals surface area contributed by atoms with Crippen molar-refractivity contribution < 1.29 is 33.8 Å². The molecule has 2 heterocycles. The molecule has 0 bridgehead atoms. The first-order chi connectivity index (χ1) is 16.0. The largest absolute Gasteiger partial charge is 0.548 e. The van der Waals surface area contributed by atoms with E-state index in [1.807, 2.05) is 30.3 Å². The summed E-state index contributed by atoms with van der Waals surface area (Å²) in [7, 11) is 0. The Morgan fingerprint density at radius 1 is 1.06 bits per heavy atom. The number of para-hydroxylation sites is 1. The fraction of sp³-hybridized carbons (Fsp3) is 0.333. The Balaban J connectivity index is 1.42. The number of ether oxygens (including phenoxy) is 2. The highest BCUT2D eigenvalue weighted by Gasteiger charge is 2.38. The number of rotatable bonds is 6. The number of carbonyl (C=O) groups is 4. The van der Waals surface area contributed by atoms with Crippen LogP contribution >= 0.6 is 0 Å². The van der Waals surface area contributed by atoms with E-state index < -0.39 is 36.0 Å². The number of amides is 2. The molecule has 2 amide bonds. The molecule has 1 fully saturated rings. The van der Waals surface area contributed by atoms with E-state index in [1.54, 1.807) is 24.3 Å². The molecule has 9 heteroatoms. The first-order valence-corrected chi connectivity index (χ1v) is 10.7. The summed E-state index contributed by atoms with van der Waals surface area (Å²) in [6, 6.07) is 14.0. The van der Waals surface area contributed by atoms with Crippen molar-refractivity contribution >= 4 is 29.6 Å². The summed E-state index contributed by atoms with van der Waals surface area (Å²) in [4.78, 5) is 52.1. The highest BCUT2D eigenvalue weighted by molar-refractivity contribution is 6.01. The zero-order valence-electron chi connectivity index (χ0n) is 17.8. The standard InChI is InChI=1S/C24H24N2O7/c27-21(26-18-9-5-4-8-17(18)14-20(26)22(28)29)11-10-19-23(30)32-13-12-25(19)24(31)33-15-16-6-2-1-3-7-16/h1-9,19-20H,10-15H2,(H,28,29)/p-1/t19-,20+/m1/s1. The third-order valence-electron chi connectivity index (χ3n) is 5.81. The van der Waals surface area contributed by atoms with Crippen molar-refractivity contribution in [3.05, 3.63) is 65.7 Å². The van der Waals surface area contributed by atoms with E-state index in [1.165, 1.54) is 9.80 Å². The molecule has 2 aromatic rings. The number of nitrogens with zero attached hydrogens (tertiary/aromatic N) is 2. The number of carboxylic acid groups (broad SMARTS) is 1. The zero-order chi connectivity index (χ0) is 23.4. The first-order valence-electron chi connectivity index (χ1n) is 10.7. The van der Waals surface area contributed by atoms with Gasteiger partial charge in [0.25, 0.3) is 0 Å². The minimum atomic E-state index is -1.34. The molecule has 2 aromatic carbocycles. The molecule has 0 N–H and O–H groups in total. The maximum absolute atomic E-state index is 13.0. The van der Waals surface area contributed by atoms with E-state index in [0.29, 0.717) is 5.69 Å². The van der Waals surface area contributed by atoms with Crippen LogP contribution in [0.4, 0.5) is 10.5 Å². The van der Waals surface area contributed by atoms with Crippen LogP contribution in [0.15, 0.2) is 54.6 Å². The van der Waals surface area contributed by atoms with E-state index in [2.05, 4.69) is 0 Å². The zero-order valence-corrected chi connectivity index (χ0v) is 17.8. The summed E-state index contributed by atoms with van der Waals surface area (Å²) in [6.45, 7) is 0.233. The molecule has 4 rings (SSSR count). The van der Waals surface area contributed by atoms with Gasteiger partial charge >= 0.3 is 12.1 Å². The number of cyclic esters (lactones) is 1. The smallest absolute Gasteiger partial charge is 0.410 e. The van der Waals surface area contributed by atoms with Crippen molar-refractivity contribution in [2.45, 2.75) is 38.0 Å². The number of morpholine rings is 1. The summed E-state index contributed by atoms with van der Waals surface area (Å²) in [6.07, 6.45) is -0.683. The summed E-state index contributed by atoms with van der Waals surface area (Å²) < 4.78 is 10.4. The van der Waals surface area contributed by atoms with Crippen molar-refractivity contribution in [2.75, 3.05) is 18.1 Å². The van der Waals surface area contributed by atoms with Gasteiger partial charge in [0, 0.05) is 18.5 Å². The van der Waals surface area contributed by atoms with Gasteiger partial charge in [-0.1, -0.05) is 48.5 Å². The van der Waals surface area contributed by atoms with Gasteiger partial charge in [-0.3, -0.25) is 9.69 Å². The van der Waals surface area contributed by atoms with Crippen LogP contribution in [0.2, 0.25) is 0 Å². The molecule has 0 spiro atoms. The van der Waals surface area contributed by atoms with Gasteiger partial charge in [0.2, 0.25) is 5.91 Å². The molecular weight excluding hydrogens is 428 g/mol. The maximum atomic E-state index is 13.0. The third kappa shape index (κ3) is 4.82. The van der Waals surface area contributed by atoms with Crippen LogP contribution in [0.25, 0.3) is 0 Å². The van der Waals surface area contributed by atoms with Crippen LogP contribution in [-0.2, 0) is 36.9 Å². The molecule has 2 aliphatic rings. The fourth-order valence-corrected chi connectivity index (χ4v) is 4.18. The Hall–Kier alpha value is -3.88. The number of carboxylic acids is 1. The number of hydrogen-bond donors (Lipinski definition) is 0. The number of benzene rings is 2. The molecule has 0 radical (unpaired) electrons. The van der Waals surface area contributed by atoms with Gasteiger partial charge in [0.15, 0.2) is 0 Å². The summed E-state index contributed by atoms with van der Waals surface area (Å²) in [5.41, 5.74) is 2.06. The topological polar surface area (TPSA) is 116 Å². The number of hydrogen-bond acceptors (Lipinski definition) is 7. The van der Waals surface area contributed by atoms with Gasteiger partial charge in [-0.2, -0.15) is 0 Å². The second-order valence-electron chi connectivity index (χ2n) is 7.89. The minimum absolute atomic E-state index is 0.0173. The van der Waals surface area contributed by atoms with Crippen molar-refractivity contribution in [2.24, 2.45) is 0 Å². The van der Waals surface area contributed by atoms with Crippen molar-refractivity contribution in [1.82, 2.24) is 4.90 Å². The molecule has 2 atom stereocenters. The Labute approximate surface area is 190 Å². The average Bonchev–Trinajstić information content (AvgIpc) is 3.22. The number of esters is 1. The first kappa shape index (κ1) is 22.3. The molecule has 0 saturated carbocycles. The predicted octanol–water partition coefficient (Wildman–Crippen LogP) is 1.04. The Morgan fingerprint density at radius 3 is 2.55 bits per heavy atom. The lowest BCUT2D eigenvalue weighted by atomic mass is 10.1. The van der Waals surface area contributed by atoms with Crippen LogP contribution in [0, 0.1) is 0 Å². The molecule has 172 valence electrons. The Morgan fingerprint density at radius 2 is 1.79 bits per heavy atom. The number of carbonyl (C=O) groups excluding carboxylic acids is 4. The van der Waals surface area contributed by atoms with Gasteiger partial charge in [-0.05, 0) is 23.6 Å². The molecule has 9 nitrogen and oxygen atoms in total. The third-order valence-corrected chi connectivity index (χ3v) is 5.81. The number of anilines is 1. The van der Waals surface area contributed by atoms with Crippen molar-refractivity contribution in [3.63, 3.8) is 0 Å². The van der Waals surface area contributed by atoms with E-state index >= 15 is 0 Å². The number of fused-ring (bicyclic) bond motifs is 1. The van der Waals surface area contributed by atoms with Gasteiger partial charge in [-0.15, -0.1) is 0 Å². The molecular formula is C24H23N2O7-. The normalized spacial score (nSPS) is 19.6. The summed E-state index contributed by atoms with van der Waals surface area (Å²) in [5, 5.41) is 11.6. The molecule has 2 aliphatic heterocycles. The monoisotopic (exact) mass is 451 g/mol. The lowest BCUT2D eigenvalue weighted by Crippen LogP contribution is -2.53. The average molecular weight is 451 g/mol. The lowest BCUT2D eigenvalue weighted by Gasteiger charge is -2.34. The van der Waals surface area contributed by atoms with Crippen LogP contribution in [-0.4, -0.2) is 54.1 Å². The molecule has 0 aromatic heterocycles. The SMILES string of the molecule is O=C1OCCN(C(=O)OCc2ccccc2)[C@@H]1CCC(=O)N1c2ccccc2C[C@H]1C(=O)[O-]. The second kappa shape index (κ2) is 9.72. The highest BCUT2D eigenvalue weighted by Crippen LogP contribution is 2.33. The molecule has 0 aliphatic carbocycles. The van der Waals surface area contributed by atoms with Gasteiger partial charge in [0.05, 0.1) is 18.6 Å². The maximum Gasteiger partial charge on any atom is 0.410 e. The van der Waals surface area contributed by atoms with Crippen molar-refractivity contribution in [3.8, 4) is 0 Å². The predicted molar refractivity (Wildman–Crippen MR) is 114 cm³/mol. The summed E-state index contributed by atoms with van der Waals surface area (Å²) >= 11 is 0. The second-order valence-corrected chi connectivity index (χ2v) is 7.89. The molecule has 0 unspecified atom stereocenters. The van der Waals surface area contributed by atoms with E-state index in [-0.39, 0.29) is 39.0 Å². The lowest BCUT2D eigenvalue weighted by molar-refractivity contribution is -0.307. The highest BCUT2D eigenvalue weighted by atomic mass is 16.6. The van der Waals surface area contributed by atoms with E-state index in [4.69, 9.17) is 9.47 Å². The molecule has 1 saturated heterocycles. The van der Waals surface area contributed by atoms with E-state index in [9.17, 15) is 24.3 Å². The number of aliphatic carboxylic acids is 1. The summed E-state index contributed by atoms with van der Waals surface area (Å²) in [5.74, 6) is -2.43. The van der Waals surface area contributed by atoms with Gasteiger partial charge < -0.3 is 24.3 Å². The quantitative estimate of drug-likeness (QED) is 0.603. The minimum Gasteiger partial charge on any atom is -0.548 e. The van der Waals surface area contributed by atoms with Gasteiger partial charge in [0.1, 0.15) is 19.3 Å². The van der Waals surface area contributed by atoms with Crippen LogP contribution in [0.1, 0.15) is 24.0 Å². The van der Waals surface area contributed by atoms with Crippen LogP contribution < -0.4 is 10.0 Å². The van der Waals surface area contributed by atoms with Crippen LogP contribution in [0.3, 0.4) is 0 Å². The Bertz CT molecular complexity index is 1060. The Kier molecular flexibility index (Phi) is 6.58. The van der Waals surface area contributed by atoms with E-state index in [0.717, 1.165) is 11.1 Å².